The van der Waals surface area contributed by atoms with Gasteiger partial charge in [-0.2, -0.15) is 0 Å². The molecule has 0 radical (unpaired) electrons. The minimum Gasteiger partial charge on any atom is -0.437 e. The molecule has 0 aliphatic carbocycles. The Morgan fingerprint density at radius 3 is 2.37 bits per heavy atom. The molecule has 0 fully saturated rings. The summed E-state index contributed by atoms with van der Waals surface area (Å²) in [7, 11) is 0. The quantitative estimate of drug-likeness (QED) is 0.346. The molecular weight excluding hydrogens is 332 g/mol. The molecule has 0 unspecified atom stereocenters. The minimum atomic E-state index is 0.0831. The molecule has 2 aromatic carbocycles. The molecule has 0 amide bonds. The van der Waals surface area contributed by atoms with Gasteiger partial charge in [-0.15, -0.1) is 0 Å². The monoisotopic (exact) mass is 352 g/mol. The first-order chi connectivity index (χ1) is 13.0. The normalized spacial score (nSPS) is 12.3. The fraction of sp³-hybridized carbons (Fsp3) is 0.167. The second kappa shape index (κ2) is 5.65. The number of rotatable bonds is 1. The molecule has 5 rings (SSSR count). The van der Waals surface area contributed by atoms with Crippen LogP contribution < -0.4 is 0 Å². The van der Waals surface area contributed by atoms with E-state index in [2.05, 4.69) is 74.3 Å². The number of nitrogens with zero attached hydrogens (tertiary/aromatic N) is 2. The Labute approximate surface area is 157 Å². The highest BCUT2D eigenvalue weighted by Crippen LogP contribution is 2.37. The summed E-state index contributed by atoms with van der Waals surface area (Å²) in [5.41, 5.74) is 4.72. The Hall–Kier alpha value is -3.20. The van der Waals surface area contributed by atoms with Crippen LogP contribution in [-0.4, -0.2) is 9.97 Å². The summed E-state index contributed by atoms with van der Waals surface area (Å²) < 4.78 is 6.19. The molecule has 0 spiro atoms. The molecule has 3 heteroatoms. The van der Waals surface area contributed by atoms with Gasteiger partial charge in [0.1, 0.15) is 5.58 Å². The van der Waals surface area contributed by atoms with Gasteiger partial charge in [-0.1, -0.05) is 63.2 Å². The Balaban J connectivity index is 1.78. The highest BCUT2D eigenvalue weighted by Gasteiger charge is 2.17. The molecule has 0 aliphatic heterocycles. The van der Waals surface area contributed by atoms with Crippen LogP contribution in [0.3, 0.4) is 0 Å². The third-order valence-corrected chi connectivity index (χ3v) is 5.15. The van der Waals surface area contributed by atoms with Crippen molar-refractivity contribution in [3.63, 3.8) is 0 Å². The molecule has 0 N–H and O–H groups in total. The Morgan fingerprint density at radius 2 is 1.59 bits per heavy atom. The van der Waals surface area contributed by atoms with E-state index in [0.717, 1.165) is 38.4 Å². The van der Waals surface area contributed by atoms with E-state index in [1.54, 1.807) is 0 Å². The lowest BCUT2D eigenvalue weighted by molar-refractivity contribution is 0.587. The number of hydrogen-bond donors (Lipinski definition) is 0. The Morgan fingerprint density at radius 1 is 0.778 bits per heavy atom. The van der Waals surface area contributed by atoms with E-state index in [9.17, 15) is 0 Å². The number of para-hydroxylation sites is 1. The van der Waals surface area contributed by atoms with Crippen LogP contribution in [0.15, 0.2) is 71.4 Å². The highest BCUT2D eigenvalue weighted by molar-refractivity contribution is 6.19. The number of hydrogen-bond acceptors (Lipinski definition) is 3. The summed E-state index contributed by atoms with van der Waals surface area (Å²) in [5, 5.41) is 4.42. The van der Waals surface area contributed by atoms with Gasteiger partial charge < -0.3 is 4.42 Å². The topological polar surface area (TPSA) is 38.9 Å². The summed E-state index contributed by atoms with van der Waals surface area (Å²) in [6.45, 7) is 6.58. The molecule has 0 saturated heterocycles. The first-order valence-corrected chi connectivity index (χ1v) is 9.18. The van der Waals surface area contributed by atoms with Gasteiger partial charge in [-0.05, 0) is 28.5 Å². The van der Waals surface area contributed by atoms with Crippen LogP contribution in [0, 0.1) is 0 Å². The number of benzene rings is 2. The maximum Gasteiger partial charge on any atom is 0.227 e. The standard InChI is InChI=1S/C24H20N2O/c1-24(2,3)16-11-12-20(25-14-16)18-9-6-10-19-21-17-8-5-4-7-15(17)13-26-23(21)27-22(18)19/h4-14H,1-3H3. The fourth-order valence-corrected chi connectivity index (χ4v) is 3.62. The SMILES string of the molecule is CC(C)(C)c1ccc(-c2cccc3c2oc2ncc4ccccc4c23)nc1. The number of pyridine rings is 2. The molecule has 3 heterocycles. The van der Waals surface area contributed by atoms with Crippen LogP contribution in [-0.2, 0) is 5.41 Å². The van der Waals surface area contributed by atoms with Crippen molar-refractivity contribution in [1.29, 1.82) is 0 Å². The first kappa shape index (κ1) is 16.0. The largest absolute Gasteiger partial charge is 0.437 e. The van der Waals surface area contributed by atoms with Gasteiger partial charge in [-0.25, -0.2) is 4.98 Å². The molecule has 3 nitrogen and oxygen atoms in total. The third kappa shape index (κ3) is 2.50. The zero-order valence-corrected chi connectivity index (χ0v) is 15.7. The zero-order valence-electron chi connectivity index (χ0n) is 15.7. The van der Waals surface area contributed by atoms with E-state index in [4.69, 9.17) is 9.40 Å². The van der Waals surface area contributed by atoms with Crippen LogP contribution >= 0.6 is 0 Å². The Bertz CT molecular complexity index is 1290. The van der Waals surface area contributed by atoms with Gasteiger partial charge in [0.15, 0.2) is 0 Å². The van der Waals surface area contributed by atoms with Crippen LogP contribution in [0.2, 0.25) is 0 Å². The highest BCUT2D eigenvalue weighted by atomic mass is 16.3. The van der Waals surface area contributed by atoms with Gasteiger partial charge in [-0.3, -0.25) is 4.98 Å². The van der Waals surface area contributed by atoms with Gasteiger partial charge in [0.05, 0.1) is 11.1 Å². The average Bonchev–Trinajstić information content (AvgIpc) is 3.06. The minimum absolute atomic E-state index is 0.0831. The summed E-state index contributed by atoms with van der Waals surface area (Å²) in [6, 6.07) is 18.7. The van der Waals surface area contributed by atoms with Gasteiger partial charge in [0.2, 0.25) is 5.71 Å². The lowest BCUT2D eigenvalue weighted by Crippen LogP contribution is -2.11. The van der Waals surface area contributed by atoms with Crippen molar-refractivity contribution in [2.45, 2.75) is 26.2 Å². The predicted octanol–water partition coefficient (Wildman–Crippen LogP) is 6.49. The van der Waals surface area contributed by atoms with Gasteiger partial charge in [0, 0.05) is 28.7 Å². The van der Waals surface area contributed by atoms with Crippen LogP contribution in [0.5, 0.6) is 0 Å². The predicted molar refractivity (Wildman–Crippen MR) is 111 cm³/mol. The Kier molecular flexibility index (Phi) is 3.35. The molecule has 5 aromatic rings. The average molecular weight is 352 g/mol. The van der Waals surface area contributed by atoms with E-state index >= 15 is 0 Å². The van der Waals surface area contributed by atoms with Crippen molar-refractivity contribution in [2.75, 3.05) is 0 Å². The van der Waals surface area contributed by atoms with E-state index in [-0.39, 0.29) is 5.41 Å². The third-order valence-electron chi connectivity index (χ3n) is 5.15. The van der Waals surface area contributed by atoms with Crippen LogP contribution in [0.4, 0.5) is 0 Å². The van der Waals surface area contributed by atoms with Crippen molar-refractivity contribution in [3.8, 4) is 11.3 Å². The second-order valence-corrected chi connectivity index (χ2v) is 7.99. The van der Waals surface area contributed by atoms with Crippen molar-refractivity contribution < 1.29 is 4.42 Å². The van der Waals surface area contributed by atoms with Crippen LogP contribution in [0.1, 0.15) is 26.3 Å². The van der Waals surface area contributed by atoms with Crippen molar-refractivity contribution in [2.24, 2.45) is 0 Å². The summed E-state index contributed by atoms with van der Waals surface area (Å²) >= 11 is 0. The first-order valence-electron chi connectivity index (χ1n) is 9.18. The smallest absolute Gasteiger partial charge is 0.227 e. The van der Waals surface area contributed by atoms with Crippen molar-refractivity contribution >= 4 is 32.8 Å². The van der Waals surface area contributed by atoms with Gasteiger partial charge in [0.25, 0.3) is 0 Å². The number of fused-ring (bicyclic) bond motifs is 5. The molecular formula is C24H20N2O. The summed E-state index contributed by atoms with van der Waals surface area (Å²) in [5.74, 6) is 0. The zero-order chi connectivity index (χ0) is 18.6. The maximum absolute atomic E-state index is 6.19. The number of furan rings is 1. The molecule has 0 atom stereocenters. The number of aromatic nitrogens is 2. The molecule has 0 saturated carbocycles. The summed E-state index contributed by atoms with van der Waals surface area (Å²) in [4.78, 5) is 9.26. The van der Waals surface area contributed by atoms with Gasteiger partial charge >= 0.3 is 0 Å². The molecule has 27 heavy (non-hydrogen) atoms. The van der Waals surface area contributed by atoms with E-state index in [0.29, 0.717) is 5.71 Å². The van der Waals surface area contributed by atoms with E-state index in [1.807, 2.05) is 18.5 Å². The molecule has 0 aliphatic rings. The van der Waals surface area contributed by atoms with E-state index < -0.39 is 0 Å². The van der Waals surface area contributed by atoms with E-state index in [1.165, 1.54) is 5.56 Å². The van der Waals surface area contributed by atoms with Crippen LogP contribution in [0.25, 0.3) is 44.1 Å². The molecule has 0 bridgehead atoms. The second-order valence-electron chi connectivity index (χ2n) is 7.99. The maximum atomic E-state index is 6.19. The molecule has 3 aromatic heterocycles. The lowest BCUT2D eigenvalue weighted by atomic mass is 9.88. The van der Waals surface area contributed by atoms with Crippen molar-refractivity contribution in [1.82, 2.24) is 9.97 Å². The molecule has 132 valence electrons. The van der Waals surface area contributed by atoms with Crippen molar-refractivity contribution in [3.05, 3.63) is 72.6 Å². The fourth-order valence-electron chi connectivity index (χ4n) is 3.62. The summed E-state index contributed by atoms with van der Waals surface area (Å²) in [6.07, 6.45) is 3.83. The lowest BCUT2D eigenvalue weighted by Gasteiger charge is -2.18.